The zero-order valence-corrected chi connectivity index (χ0v) is 17.9. The lowest BCUT2D eigenvalue weighted by atomic mass is 9.95. The van der Waals surface area contributed by atoms with Crippen molar-refractivity contribution in [3.05, 3.63) is 57.7 Å². The van der Waals surface area contributed by atoms with Gasteiger partial charge in [-0.05, 0) is 63.3 Å². The molecule has 2 N–H and O–H groups in total. The van der Waals surface area contributed by atoms with E-state index in [1.54, 1.807) is 37.8 Å². The highest BCUT2D eigenvalue weighted by molar-refractivity contribution is 6.02. The molecule has 1 aliphatic rings. The van der Waals surface area contributed by atoms with Gasteiger partial charge < -0.3 is 15.2 Å². The number of aromatic amines is 1. The minimum atomic E-state index is -0.281. The number of halogens is 1. The van der Waals surface area contributed by atoms with Gasteiger partial charge in [0.15, 0.2) is 5.78 Å². The number of carbonyl (C=O) groups is 3. The number of H-pyrrole nitrogens is 1. The number of hydrogen-bond acceptors (Lipinski definition) is 3. The Morgan fingerprint density at radius 3 is 2.40 bits per heavy atom. The largest absolute Gasteiger partial charge is 0.354 e. The fourth-order valence-electron chi connectivity index (χ4n) is 4.07. The standard InChI is InChI=1S/C23H28FN3O3/c1-13-5-6-17(11-19(13)24)12-25-22(29)18-7-9-27(10-8-18)23(30)21-14(2)20(16(4)28)15(3)26-21/h5-6,11,18,26H,7-10,12H2,1-4H3,(H,25,29). The zero-order chi connectivity index (χ0) is 22.0. The molecule has 1 aromatic heterocycles. The smallest absolute Gasteiger partial charge is 0.270 e. The number of hydrogen-bond donors (Lipinski definition) is 2. The van der Waals surface area contributed by atoms with Crippen LogP contribution in [0.25, 0.3) is 0 Å². The van der Waals surface area contributed by atoms with Crippen LogP contribution in [0.15, 0.2) is 18.2 Å². The summed E-state index contributed by atoms with van der Waals surface area (Å²) < 4.78 is 13.6. The number of Topliss-reactive ketones (excluding diaryl/α,β-unsaturated/α-hetero) is 1. The van der Waals surface area contributed by atoms with Crippen LogP contribution in [0.4, 0.5) is 4.39 Å². The van der Waals surface area contributed by atoms with Gasteiger partial charge in [-0.3, -0.25) is 14.4 Å². The summed E-state index contributed by atoms with van der Waals surface area (Å²) in [6, 6.07) is 4.94. The third kappa shape index (κ3) is 4.45. The summed E-state index contributed by atoms with van der Waals surface area (Å²) in [7, 11) is 0. The number of amides is 2. The molecule has 30 heavy (non-hydrogen) atoms. The predicted molar refractivity (Wildman–Crippen MR) is 112 cm³/mol. The predicted octanol–water partition coefficient (Wildman–Crippen LogP) is 3.45. The van der Waals surface area contributed by atoms with Gasteiger partial charge in [0.25, 0.3) is 5.91 Å². The molecule has 0 atom stereocenters. The lowest BCUT2D eigenvalue weighted by Crippen LogP contribution is -2.43. The van der Waals surface area contributed by atoms with Gasteiger partial charge in [0.1, 0.15) is 11.5 Å². The van der Waals surface area contributed by atoms with E-state index in [1.807, 2.05) is 0 Å². The number of piperidine rings is 1. The summed E-state index contributed by atoms with van der Waals surface area (Å²) in [6.07, 6.45) is 1.14. The van der Waals surface area contributed by atoms with Crippen molar-refractivity contribution in [2.75, 3.05) is 13.1 Å². The molecule has 0 spiro atoms. The molecule has 0 saturated carbocycles. The molecule has 0 radical (unpaired) electrons. The molecule has 0 aliphatic carbocycles. The number of rotatable bonds is 5. The number of carbonyl (C=O) groups excluding carboxylic acids is 3. The minimum absolute atomic E-state index is 0.0656. The van der Waals surface area contributed by atoms with Crippen LogP contribution in [-0.2, 0) is 11.3 Å². The number of ketones is 1. The number of aryl methyl sites for hydroxylation is 2. The molecule has 2 amide bonds. The molecular formula is C23H28FN3O3. The molecule has 6 nitrogen and oxygen atoms in total. The number of likely N-dealkylation sites (tertiary alicyclic amines) is 1. The van der Waals surface area contributed by atoms with Crippen LogP contribution in [0.2, 0.25) is 0 Å². The van der Waals surface area contributed by atoms with Crippen molar-refractivity contribution < 1.29 is 18.8 Å². The Hall–Kier alpha value is -2.96. The monoisotopic (exact) mass is 413 g/mol. The van der Waals surface area contributed by atoms with Gasteiger partial charge in [0, 0.05) is 36.8 Å². The highest BCUT2D eigenvalue weighted by Gasteiger charge is 2.30. The van der Waals surface area contributed by atoms with E-state index in [9.17, 15) is 18.8 Å². The summed E-state index contributed by atoms with van der Waals surface area (Å²) in [6.45, 7) is 7.99. The van der Waals surface area contributed by atoms with E-state index in [1.165, 1.54) is 13.0 Å². The highest BCUT2D eigenvalue weighted by Crippen LogP contribution is 2.23. The molecule has 160 valence electrons. The van der Waals surface area contributed by atoms with Crippen molar-refractivity contribution in [2.24, 2.45) is 5.92 Å². The van der Waals surface area contributed by atoms with E-state index >= 15 is 0 Å². The number of nitrogens with zero attached hydrogens (tertiary/aromatic N) is 1. The molecule has 1 aliphatic heterocycles. The fraction of sp³-hybridized carbons (Fsp3) is 0.435. The van der Waals surface area contributed by atoms with Gasteiger partial charge in [-0.2, -0.15) is 0 Å². The van der Waals surface area contributed by atoms with Crippen LogP contribution < -0.4 is 5.32 Å². The number of benzene rings is 1. The molecule has 1 saturated heterocycles. The van der Waals surface area contributed by atoms with Crippen molar-refractivity contribution in [3.63, 3.8) is 0 Å². The quantitative estimate of drug-likeness (QED) is 0.737. The van der Waals surface area contributed by atoms with Gasteiger partial charge in [-0.15, -0.1) is 0 Å². The highest BCUT2D eigenvalue weighted by atomic mass is 19.1. The Morgan fingerprint density at radius 1 is 1.17 bits per heavy atom. The van der Waals surface area contributed by atoms with Gasteiger partial charge >= 0.3 is 0 Å². The van der Waals surface area contributed by atoms with Gasteiger partial charge in [-0.25, -0.2) is 4.39 Å². The molecule has 0 bridgehead atoms. The molecule has 1 fully saturated rings. The van der Waals surface area contributed by atoms with Crippen LogP contribution in [0.3, 0.4) is 0 Å². The second kappa shape index (κ2) is 8.81. The Labute approximate surface area is 175 Å². The van der Waals surface area contributed by atoms with Crippen LogP contribution in [-0.4, -0.2) is 40.6 Å². The van der Waals surface area contributed by atoms with Crippen molar-refractivity contribution in [1.82, 2.24) is 15.2 Å². The summed E-state index contributed by atoms with van der Waals surface area (Å²) in [5, 5.41) is 2.87. The lowest BCUT2D eigenvalue weighted by Gasteiger charge is -2.31. The molecule has 2 heterocycles. The average molecular weight is 413 g/mol. The average Bonchev–Trinajstić information content (AvgIpc) is 3.02. The maximum atomic E-state index is 13.6. The van der Waals surface area contributed by atoms with E-state index < -0.39 is 0 Å². The van der Waals surface area contributed by atoms with Crippen molar-refractivity contribution in [3.8, 4) is 0 Å². The topological polar surface area (TPSA) is 82.3 Å². The van der Waals surface area contributed by atoms with Crippen LogP contribution >= 0.6 is 0 Å². The van der Waals surface area contributed by atoms with Crippen LogP contribution in [0.5, 0.6) is 0 Å². The van der Waals surface area contributed by atoms with E-state index in [2.05, 4.69) is 10.3 Å². The number of aromatic nitrogens is 1. The summed E-state index contributed by atoms with van der Waals surface area (Å²) in [5.74, 6) is -0.741. The maximum absolute atomic E-state index is 13.6. The Morgan fingerprint density at radius 2 is 1.83 bits per heavy atom. The summed E-state index contributed by atoms with van der Waals surface area (Å²) in [4.78, 5) is 42.0. The second-order valence-corrected chi connectivity index (χ2v) is 8.05. The van der Waals surface area contributed by atoms with Crippen molar-refractivity contribution in [1.29, 1.82) is 0 Å². The van der Waals surface area contributed by atoms with E-state index in [0.717, 1.165) is 5.56 Å². The molecule has 0 unspecified atom stereocenters. The lowest BCUT2D eigenvalue weighted by molar-refractivity contribution is -0.126. The normalized spacial score (nSPS) is 14.6. The van der Waals surface area contributed by atoms with Crippen LogP contribution in [0, 0.1) is 32.5 Å². The summed E-state index contributed by atoms with van der Waals surface area (Å²) in [5.41, 5.74) is 3.69. The van der Waals surface area contributed by atoms with E-state index in [0.29, 0.717) is 54.0 Å². The van der Waals surface area contributed by atoms with Crippen molar-refractivity contribution in [2.45, 2.75) is 47.1 Å². The van der Waals surface area contributed by atoms with Crippen molar-refractivity contribution >= 4 is 17.6 Å². The summed E-state index contributed by atoms with van der Waals surface area (Å²) >= 11 is 0. The first-order valence-electron chi connectivity index (χ1n) is 10.2. The number of nitrogens with one attached hydrogen (secondary N) is 2. The Balaban J connectivity index is 1.56. The first-order chi connectivity index (χ1) is 14.2. The fourth-order valence-corrected chi connectivity index (χ4v) is 4.07. The maximum Gasteiger partial charge on any atom is 0.270 e. The first-order valence-corrected chi connectivity index (χ1v) is 10.2. The zero-order valence-electron chi connectivity index (χ0n) is 17.9. The van der Waals surface area contributed by atoms with Gasteiger partial charge in [0.05, 0.1) is 0 Å². The van der Waals surface area contributed by atoms with E-state index in [4.69, 9.17) is 0 Å². The second-order valence-electron chi connectivity index (χ2n) is 8.05. The molecule has 1 aromatic carbocycles. The van der Waals surface area contributed by atoms with Crippen LogP contribution in [0.1, 0.15) is 63.0 Å². The van der Waals surface area contributed by atoms with Gasteiger partial charge in [-0.1, -0.05) is 12.1 Å². The Kier molecular flexibility index (Phi) is 6.39. The molecule has 2 aromatic rings. The SMILES string of the molecule is CC(=O)c1c(C)[nH]c(C(=O)N2CCC(C(=O)NCc3ccc(C)c(F)c3)CC2)c1C. The first kappa shape index (κ1) is 21.7. The van der Waals surface area contributed by atoms with E-state index in [-0.39, 0.29) is 35.9 Å². The third-order valence-electron chi connectivity index (χ3n) is 5.86. The van der Waals surface area contributed by atoms with Gasteiger partial charge in [0.2, 0.25) is 5.91 Å². The minimum Gasteiger partial charge on any atom is -0.354 e. The third-order valence-corrected chi connectivity index (χ3v) is 5.86. The molecular weight excluding hydrogens is 385 g/mol. The molecule has 3 rings (SSSR count). The molecule has 7 heteroatoms. The Bertz CT molecular complexity index is 988.